The Morgan fingerprint density at radius 1 is 1.10 bits per heavy atom. The Labute approximate surface area is 175 Å². The van der Waals surface area contributed by atoms with Crippen molar-refractivity contribution in [2.75, 3.05) is 19.5 Å². The zero-order valence-electron chi connectivity index (χ0n) is 17.3. The third kappa shape index (κ3) is 5.67. The molecule has 0 saturated heterocycles. The Morgan fingerprint density at radius 3 is 2.52 bits per heavy atom. The molecule has 0 aliphatic rings. The molecule has 0 spiro atoms. The molecule has 0 saturated carbocycles. The normalized spacial score (nSPS) is 11.4. The highest BCUT2D eigenvalue weighted by atomic mass is 32.2. The van der Waals surface area contributed by atoms with Gasteiger partial charge in [-0.05, 0) is 45.0 Å². The molecule has 0 fully saturated rings. The molecular formula is C22H27N3O3S. The van der Waals surface area contributed by atoms with Crippen LogP contribution in [-0.4, -0.2) is 40.5 Å². The minimum Gasteiger partial charge on any atom is -0.493 e. The second kappa shape index (κ2) is 9.22. The molecule has 3 aromatic rings. The van der Waals surface area contributed by atoms with Gasteiger partial charge in [0.15, 0.2) is 16.7 Å². The van der Waals surface area contributed by atoms with E-state index in [1.807, 2.05) is 73.9 Å². The monoisotopic (exact) mass is 413 g/mol. The Kier molecular flexibility index (Phi) is 6.69. The number of hydrogen-bond acceptors (Lipinski definition) is 5. The lowest BCUT2D eigenvalue weighted by molar-refractivity contribution is -0.123. The molecule has 0 atom stereocenters. The van der Waals surface area contributed by atoms with Crippen LogP contribution in [0.5, 0.6) is 11.5 Å². The van der Waals surface area contributed by atoms with E-state index in [0.29, 0.717) is 23.9 Å². The van der Waals surface area contributed by atoms with Crippen molar-refractivity contribution in [3.8, 4) is 11.5 Å². The molecule has 3 rings (SSSR count). The molecule has 1 N–H and O–H groups in total. The molecule has 1 aromatic heterocycles. The molecule has 0 radical (unpaired) electrons. The first-order chi connectivity index (χ1) is 13.9. The Hall–Kier alpha value is -2.67. The van der Waals surface area contributed by atoms with E-state index in [1.165, 1.54) is 0 Å². The van der Waals surface area contributed by atoms with Crippen LogP contribution in [0.1, 0.15) is 20.8 Å². The lowest BCUT2D eigenvalue weighted by Crippen LogP contribution is -2.42. The van der Waals surface area contributed by atoms with E-state index in [1.54, 1.807) is 18.9 Å². The number of fused-ring (bicyclic) bond motifs is 1. The second-order valence-electron chi connectivity index (χ2n) is 7.62. The summed E-state index contributed by atoms with van der Waals surface area (Å²) in [6, 6.07) is 15.4. The number of nitrogens with zero attached hydrogens (tertiary/aromatic N) is 2. The van der Waals surface area contributed by atoms with Crippen LogP contribution < -0.4 is 14.8 Å². The molecule has 1 amide bonds. The van der Waals surface area contributed by atoms with E-state index in [9.17, 15) is 4.79 Å². The molecule has 1 heterocycles. The van der Waals surface area contributed by atoms with E-state index < -0.39 is 0 Å². The van der Waals surface area contributed by atoms with Crippen molar-refractivity contribution in [1.82, 2.24) is 14.9 Å². The molecular weight excluding hydrogens is 386 g/mol. The summed E-state index contributed by atoms with van der Waals surface area (Å²) in [5, 5.41) is 3.82. The van der Waals surface area contributed by atoms with Crippen molar-refractivity contribution >= 4 is 28.7 Å². The molecule has 0 aliphatic heterocycles. The van der Waals surface area contributed by atoms with Crippen LogP contribution in [0.15, 0.2) is 53.7 Å². The minimum absolute atomic E-state index is 0.0345. The van der Waals surface area contributed by atoms with Gasteiger partial charge in [-0.1, -0.05) is 36.0 Å². The van der Waals surface area contributed by atoms with E-state index in [4.69, 9.17) is 14.5 Å². The second-order valence-corrected chi connectivity index (χ2v) is 8.68. The number of rotatable bonds is 8. The topological polar surface area (TPSA) is 65.4 Å². The number of imidazole rings is 1. The number of para-hydroxylation sites is 4. The summed E-state index contributed by atoms with van der Waals surface area (Å²) < 4.78 is 13.1. The maximum absolute atomic E-state index is 12.5. The van der Waals surface area contributed by atoms with Crippen molar-refractivity contribution in [3.05, 3.63) is 48.5 Å². The first-order valence-electron chi connectivity index (χ1n) is 9.52. The number of benzene rings is 2. The Morgan fingerprint density at radius 2 is 1.79 bits per heavy atom. The van der Waals surface area contributed by atoms with E-state index in [-0.39, 0.29) is 18.0 Å². The fraction of sp³-hybridized carbons (Fsp3) is 0.364. The summed E-state index contributed by atoms with van der Waals surface area (Å²) in [5.74, 6) is 2.09. The van der Waals surface area contributed by atoms with Gasteiger partial charge in [0.1, 0.15) is 6.54 Å². The SMILES string of the molecule is COc1ccccc1OCCSc1nc2ccccc2n1CC(=O)NC(C)(C)C. The summed E-state index contributed by atoms with van der Waals surface area (Å²) in [7, 11) is 1.63. The molecule has 0 aliphatic carbocycles. The van der Waals surface area contributed by atoms with Crippen LogP contribution in [-0.2, 0) is 11.3 Å². The lowest BCUT2D eigenvalue weighted by atomic mass is 10.1. The molecule has 2 aromatic carbocycles. The molecule has 29 heavy (non-hydrogen) atoms. The predicted octanol–water partition coefficient (Wildman–Crippen LogP) is 4.13. The van der Waals surface area contributed by atoms with Gasteiger partial charge in [-0.15, -0.1) is 0 Å². The number of nitrogens with one attached hydrogen (secondary N) is 1. The van der Waals surface area contributed by atoms with Gasteiger partial charge in [-0.25, -0.2) is 4.98 Å². The highest BCUT2D eigenvalue weighted by Gasteiger charge is 2.18. The quantitative estimate of drug-likeness (QED) is 0.444. The molecule has 0 unspecified atom stereocenters. The summed E-state index contributed by atoms with van der Waals surface area (Å²) in [6.07, 6.45) is 0. The highest BCUT2D eigenvalue weighted by molar-refractivity contribution is 7.99. The van der Waals surface area contributed by atoms with Crippen molar-refractivity contribution in [1.29, 1.82) is 0 Å². The van der Waals surface area contributed by atoms with Gasteiger partial charge in [0.05, 0.1) is 24.8 Å². The van der Waals surface area contributed by atoms with Crippen LogP contribution in [0.4, 0.5) is 0 Å². The maximum Gasteiger partial charge on any atom is 0.240 e. The van der Waals surface area contributed by atoms with Crippen molar-refractivity contribution in [3.63, 3.8) is 0 Å². The third-order valence-corrected chi connectivity index (χ3v) is 5.02. The van der Waals surface area contributed by atoms with Crippen LogP contribution >= 0.6 is 11.8 Å². The predicted molar refractivity (Wildman–Crippen MR) is 117 cm³/mol. The van der Waals surface area contributed by atoms with E-state index in [2.05, 4.69) is 5.32 Å². The fourth-order valence-corrected chi connectivity index (χ4v) is 3.77. The molecule has 6 nitrogen and oxygen atoms in total. The summed E-state index contributed by atoms with van der Waals surface area (Å²) in [4.78, 5) is 17.2. The summed E-state index contributed by atoms with van der Waals surface area (Å²) in [6.45, 7) is 6.65. The zero-order valence-corrected chi connectivity index (χ0v) is 18.1. The van der Waals surface area contributed by atoms with Gasteiger partial charge in [0.25, 0.3) is 0 Å². The number of carbonyl (C=O) groups excluding carboxylic acids is 1. The van der Waals surface area contributed by atoms with Gasteiger partial charge >= 0.3 is 0 Å². The fourth-order valence-electron chi connectivity index (χ4n) is 2.94. The van der Waals surface area contributed by atoms with E-state index >= 15 is 0 Å². The summed E-state index contributed by atoms with van der Waals surface area (Å²) in [5.41, 5.74) is 1.55. The number of thioether (sulfide) groups is 1. The number of carbonyl (C=O) groups is 1. The van der Waals surface area contributed by atoms with Gasteiger partial charge in [0, 0.05) is 11.3 Å². The van der Waals surface area contributed by atoms with Crippen LogP contribution in [0.25, 0.3) is 11.0 Å². The van der Waals surface area contributed by atoms with Crippen LogP contribution in [0.3, 0.4) is 0 Å². The first-order valence-corrected chi connectivity index (χ1v) is 10.5. The number of ether oxygens (including phenoxy) is 2. The number of hydrogen-bond donors (Lipinski definition) is 1. The summed E-state index contributed by atoms with van der Waals surface area (Å²) >= 11 is 1.57. The number of methoxy groups -OCH3 is 1. The van der Waals surface area contributed by atoms with Crippen LogP contribution in [0, 0.1) is 0 Å². The zero-order chi connectivity index (χ0) is 20.9. The van der Waals surface area contributed by atoms with Crippen molar-refractivity contribution in [2.45, 2.75) is 38.0 Å². The Balaban J connectivity index is 1.69. The van der Waals surface area contributed by atoms with E-state index in [0.717, 1.165) is 16.2 Å². The molecule has 154 valence electrons. The Bertz CT molecular complexity index is 979. The largest absolute Gasteiger partial charge is 0.493 e. The van der Waals surface area contributed by atoms with Gasteiger partial charge in [-0.2, -0.15) is 0 Å². The minimum atomic E-state index is -0.274. The number of amides is 1. The van der Waals surface area contributed by atoms with Gasteiger partial charge in [-0.3, -0.25) is 4.79 Å². The first kappa shape index (κ1) is 21.0. The van der Waals surface area contributed by atoms with Gasteiger partial charge < -0.3 is 19.4 Å². The average molecular weight is 414 g/mol. The van der Waals surface area contributed by atoms with Crippen LogP contribution in [0.2, 0.25) is 0 Å². The van der Waals surface area contributed by atoms with Crippen molar-refractivity contribution < 1.29 is 14.3 Å². The maximum atomic E-state index is 12.5. The number of aromatic nitrogens is 2. The smallest absolute Gasteiger partial charge is 0.240 e. The average Bonchev–Trinajstić information content (AvgIpc) is 3.01. The lowest BCUT2D eigenvalue weighted by Gasteiger charge is -2.21. The molecule has 7 heteroatoms. The standard InChI is InChI=1S/C22H27N3O3S/c1-22(2,3)24-20(26)15-25-17-10-6-5-9-16(17)23-21(25)29-14-13-28-19-12-8-7-11-18(19)27-4/h5-12H,13-15H2,1-4H3,(H,24,26). The molecule has 0 bridgehead atoms. The van der Waals surface area contributed by atoms with Gasteiger partial charge in [0.2, 0.25) is 5.91 Å². The third-order valence-electron chi connectivity index (χ3n) is 4.08. The highest BCUT2D eigenvalue weighted by Crippen LogP contribution is 2.27. The van der Waals surface area contributed by atoms with Crippen molar-refractivity contribution in [2.24, 2.45) is 0 Å².